The molecule has 7 nitrogen and oxygen atoms in total. The smallest absolute Gasteiger partial charge is 0.161 e. The van der Waals surface area contributed by atoms with Gasteiger partial charge in [-0.15, -0.1) is 5.10 Å². The van der Waals surface area contributed by atoms with Gasteiger partial charge in [-0.1, -0.05) is 25.1 Å². The Morgan fingerprint density at radius 3 is 2.94 bits per heavy atom. The molecular formula is C10H15N7S. The van der Waals surface area contributed by atoms with Crippen LogP contribution in [0.2, 0.25) is 0 Å². The Hall–Kier alpha value is -1.70. The van der Waals surface area contributed by atoms with E-state index >= 15 is 0 Å². The molecule has 2 rings (SSSR count). The minimum Gasteiger partial charge on any atom is -0.381 e. The van der Waals surface area contributed by atoms with Crippen LogP contribution in [0.4, 0.5) is 5.82 Å². The van der Waals surface area contributed by atoms with Crippen molar-refractivity contribution < 1.29 is 0 Å². The summed E-state index contributed by atoms with van der Waals surface area (Å²) in [4.78, 5) is 8.15. The first-order chi connectivity index (χ1) is 8.81. The molecule has 0 fully saturated rings. The number of thioether (sulfide) groups is 1. The zero-order valence-corrected chi connectivity index (χ0v) is 11.0. The van der Waals surface area contributed by atoms with Crippen molar-refractivity contribution in [1.82, 2.24) is 30.2 Å². The predicted octanol–water partition coefficient (Wildman–Crippen LogP) is 1.14. The molecule has 0 unspecified atom stereocenters. The molecule has 2 heterocycles. The molecule has 0 atom stereocenters. The summed E-state index contributed by atoms with van der Waals surface area (Å²) < 4.78 is 1.82. The van der Waals surface area contributed by atoms with Gasteiger partial charge in [-0.3, -0.25) is 0 Å². The van der Waals surface area contributed by atoms with Crippen LogP contribution in [0.5, 0.6) is 0 Å². The van der Waals surface area contributed by atoms with E-state index in [0.717, 1.165) is 25.2 Å². The molecule has 18 heavy (non-hydrogen) atoms. The van der Waals surface area contributed by atoms with Crippen LogP contribution in [0.1, 0.15) is 25.6 Å². The normalized spacial score (nSPS) is 10.7. The first kappa shape index (κ1) is 12.7. The van der Waals surface area contributed by atoms with Crippen molar-refractivity contribution >= 4 is 17.6 Å². The number of rotatable bonds is 6. The molecule has 0 aromatic carbocycles. The second-order valence-electron chi connectivity index (χ2n) is 3.71. The number of anilines is 1. The van der Waals surface area contributed by atoms with Crippen LogP contribution in [-0.2, 0) is 12.3 Å². The topological polar surface area (TPSA) is 95.4 Å². The van der Waals surface area contributed by atoms with Gasteiger partial charge in [0.25, 0.3) is 0 Å². The van der Waals surface area contributed by atoms with E-state index in [1.807, 2.05) is 4.68 Å². The second-order valence-corrected chi connectivity index (χ2v) is 4.67. The molecule has 2 N–H and O–H groups in total. The summed E-state index contributed by atoms with van der Waals surface area (Å²) in [7, 11) is 0. The number of hydrogen-bond donors (Lipinski definition) is 1. The van der Waals surface area contributed by atoms with E-state index in [2.05, 4.69) is 32.4 Å². The third-order valence-electron chi connectivity index (χ3n) is 2.36. The summed E-state index contributed by atoms with van der Waals surface area (Å²) in [5.41, 5.74) is 5.73. The average Bonchev–Trinajstić information content (AvgIpc) is 2.83. The van der Waals surface area contributed by atoms with Crippen molar-refractivity contribution in [2.24, 2.45) is 0 Å². The number of nitrogens with two attached hydrogens (primary N) is 1. The lowest BCUT2D eigenvalue weighted by atomic mass is 10.3. The molecule has 0 bridgehead atoms. The van der Waals surface area contributed by atoms with Crippen LogP contribution >= 0.6 is 11.8 Å². The fraction of sp³-hybridized carbons (Fsp3) is 0.500. The van der Waals surface area contributed by atoms with Gasteiger partial charge in [-0.2, -0.15) is 0 Å². The highest BCUT2D eigenvalue weighted by atomic mass is 32.2. The van der Waals surface area contributed by atoms with Gasteiger partial charge in [-0.05, 0) is 16.8 Å². The maximum atomic E-state index is 5.73. The minimum atomic E-state index is 0.440. The second kappa shape index (κ2) is 6.29. The largest absolute Gasteiger partial charge is 0.381 e. The van der Waals surface area contributed by atoms with Crippen LogP contribution in [0, 0.1) is 0 Å². The summed E-state index contributed by atoms with van der Waals surface area (Å²) in [6.07, 6.45) is 5.38. The Morgan fingerprint density at radius 1 is 1.33 bits per heavy atom. The van der Waals surface area contributed by atoms with Crippen LogP contribution in [0.25, 0.3) is 0 Å². The fourth-order valence-corrected chi connectivity index (χ4v) is 2.20. The number of aryl methyl sites for hydroxylation is 1. The number of unbranched alkanes of at least 4 members (excludes halogenated alkanes) is 1. The molecule has 0 saturated heterocycles. The van der Waals surface area contributed by atoms with Crippen molar-refractivity contribution in [1.29, 1.82) is 0 Å². The van der Waals surface area contributed by atoms with Gasteiger partial charge in [0.05, 0.1) is 5.75 Å². The van der Waals surface area contributed by atoms with Crippen molar-refractivity contribution in [3.05, 3.63) is 18.2 Å². The Kier molecular flexibility index (Phi) is 4.46. The van der Waals surface area contributed by atoms with Crippen LogP contribution < -0.4 is 5.73 Å². The van der Waals surface area contributed by atoms with E-state index in [1.54, 1.807) is 12.4 Å². The van der Waals surface area contributed by atoms with Crippen molar-refractivity contribution in [3.8, 4) is 0 Å². The summed E-state index contributed by atoms with van der Waals surface area (Å²) in [5, 5.41) is 12.4. The van der Waals surface area contributed by atoms with E-state index in [4.69, 9.17) is 5.73 Å². The van der Waals surface area contributed by atoms with Crippen LogP contribution in [0.3, 0.4) is 0 Å². The lowest BCUT2D eigenvalue weighted by Crippen LogP contribution is -2.05. The minimum absolute atomic E-state index is 0.440. The third kappa shape index (κ3) is 3.16. The first-order valence-electron chi connectivity index (χ1n) is 5.75. The number of aromatic nitrogens is 6. The molecule has 0 amide bonds. The lowest BCUT2D eigenvalue weighted by Gasteiger charge is -2.04. The van der Waals surface area contributed by atoms with Crippen molar-refractivity contribution in [2.45, 2.75) is 37.1 Å². The Morgan fingerprint density at radius 2 is 2.17 bits per heavy atom. The highest BCUT2D eigenvalue weighted by Crippen LogP contribution is 2.22. The molecule has 8 heteroatoms. The van der Waals surface area contributed by atoms with E-state index < -0.39 is 0 Å². The summed E-state index contributed by atoms with van der Waals surface area (Å²) in [5.74, 6) is 1.91. The first-order valence-corrected chi connectivity index (χ1v) is 6.74. The standard InChI is InChI=1S/C10H15N7S/c1-2-3-6-17-8(14-15-16-17)7-18-10-9(11)12-4-5-13-10/h4-5H,2-3,6-7H2,1H3,(H2,11,12). The molecule has 0 aliphatic rings. The van der Waals surface area contributed by atoms with Gasteiger partial charge in [0.2, 0.25) is 0 Å². The molecule has 96 valence electrons. The molecule has 2 aromatic rings. The Bertz CT molecular complexity index is 498. The monoisotopic (exact) mass is 265 g/mol. The molecule has 0 aliphatic carbocycles. The average molecular weight is 265 g/mol. The summed E-state index contributed by atoms with van der Waals surface area (Å²) in [6, 6.07) is 0. The molecule has 0 radical (unpaired) electrons. The van der Waals surface area contributed by atoms with Gasteiger partial charge in [0, 0.05) is 18.9 Å². The summed E-state index contributed by atoms with van der Waals surface area (Å²) in [6.45, 7) is 2.98. The highest BCUT2D eigenvalue weighted by molar-refractivity contribution is 7.98. The highest BCUT2D eigenvalue weighted by Gasteiger charge is 2.08. The summed E-state index contributed by atoms with van der Waals surface area (Å²) >= 11 is 1.49. The van der Waals surface area contributed by atoms with Gasteiger partial charge in [0.1, 0.15) is 5.03 Å². The molecule has 0 spiro atoms. The number of hydrogen-bond acceptors (Lipinski definition) is 7. The van der Waals surface area contributed by atoms with E-state index in [1.165, 1.54) is 11.8 Å². The maximum absolute atomic E-state index is 5.73. The van der Waals surface area contributed by atoms with Crippen molar-refractivity contribution in [2.75, 3.05) is 5.73 Å². The van der Waals surface area contributed by atoms with Gasteiger partial charge in [0.15, 0.2) is 11.6 Å². The Balaban J connectivity index is 1.98. The molecular weight excluding hydrogens is 250 g/mol. The fourth-order valence-electron chi connectivity index (χ4n) is 1.39. The Labute approximate surface area is 109 Å². The van der Waals surface area contributed by atoms with Gasteiger partial charge in [-0.25, -0.2) is 14.6 Å². The maximum Gasteiger partial charge on any atom is 0.161 e. The molecule has 2 aromatic heterocycles. The van der Waals surface area contributed by atoms with Crippen LogP contribution in [-0.4, -0.2) is 30.2 Å². The SMILES string of the molecule is CCCCn1nnnc1CSc1nccnc1N. The van der Waals surface area contributed by atoms with Gasteiger partial charge < -0.3 is 5.73 Å². The zero-order chi connectivity index (χ0) is 12.8. The number of nitrogen functional groups attached to an aromatic ring is 1. The quantitative estimate of drug-likeness (QED) is 0.782. The number of tetrazole rings is 1. The lowest BCUT2D eigenvalue weighted by molar-refractivity contribution is 0.540. The third-order valence-corrected chi connectivity index (χ3v) is 3.35. The molecule has 0 saturated carbocycles. The van der Waals surface area contributed by atoms with Crippen LogP contribution in [0.15, 0.2) is 17.4 Å². The number of nitrogens with zero attached hydrogens (tertiary/aromatic N) is 6. The predicted molar refractivity (Wildman–Crippen MR) is 68.7 cm³/mol. The van der Waals surface area contributed by atoms with Crippen molar-refractivity contribution in [3.63, 3.8) is 0 Å². The van der Waals surface area contributed by atoms with Gasteiger partial charge >= 0.3 is 0 Å². The van der Waals surface area contributed by atoms with E-state index in [0.29, 0.717) is 16.6 Å². The zero-order valence-electron chi connectivity index (χ0n) is 10.2. The molecule has 0 aliphatic heterocycles. The van der Waals surface area contributed by atoms with E-state index in [-0.39, 0.29) is 0 Å². The van der Waals surface area contributed by atoms with E-state index in [9.17, 15) is 0 Å².